The van der Waals surface area contributed by atoms with E-state index in [0.717, 1.165) is 11.1 Å². The topological polar surface area (TPSA) is 176 Å². The van der Waals surface area contributed by atoms with E-state index in [1.54, 1.807) is 45.0 Å². The summed E-state index contributed by atoms with van der Waals surface area (Å²) >= 11 is 0. The second-order valence-electron chi connectivity index (χ2n) is 10.2. The van der Waals surface area contributed by atoms with Gasteiger partial charge in [-0.05, 0) is 57.9 Å². The molecule has 2 aromatic carbocycles. The summed E-state index contributed by atoms with van der Waals surface area (Å²) in [5.41, 5.74) is 0.0785. The highest BCUT2D eigenvalue weighted by molar-refractivity contribution is 7.87. The highest BCUT2D eigenvalue weighted by Crippen LogP contribution is 2.47. The quantitative estimate of drug-likeness (QED) is 0.271. The van der Waals surface area contributed by atoms with E-state index in [1.165, 1.54) is 24.3 Å². The van der Waals surface area contributed by atoms with Crippen LogP contribution >= 0.6 is 0 Å². The number of hydrogen-bond acceptors (Lipinski definition) is 12. The number of carbonyl (C=O) groups excluding carboxylic acids is 1. The lowest BCUT2D eigenvalue weighted by Gasteiger charge is -2.39. The van der Waals surface area contributed by atoms with Crippen LogP contribution in [0.3, 0.4) is 0 Å². The first kappa shape index (κ1) is 32.0. The number of nitrogens with zero attached hydrogens (tertiary/aromatic N) is 1. The summed E-state index contributed by atoms with van der Waals surface area (Å²) in [4.78, 5) is 11.9. The van der Waals surface area contributed by atoms with Gasteiger partial charge < -0.3 is 19.3 Å². The highest BCUT2D eigenvalue weighted by atomic mass is 32.2. The molecule has 0 spiro atoms. The summed E-state index contributed by atoms with van der Waals surface area (Å²) in [7, 11) is -9.02. The number of hydrogen-bond donors (Lipinski definition) is 1. The van der Waals surface area contributed by atoms with Crippen molar-refractivity contribution >= 4 is 26.2 Å². The first-order chi connectivity index (χ1) is 19.8. The Morgan fingerprint density at radius 2 is 1.45 bits per heavy atom. The van der Waals surface area contributed by atoms with E-state index in [2.05, 4.69) is 0 Å². The van der Waals surface area contributed by atoms with Crippen LogP contribution in [0.5, 0.6) is 0 Å². The van der Waals surface area contributed by atoms with Gasteiger partial charge in [0.25, 0.3) is 20.2 Å². The molecule has 0 aliphatic carbocycles. The van der Waals surface area contributed by atoms with Crippen molar-refractivity contribution in [2.24, 2.45) is 0 Å². The summed E-state index contributed by atoms with van der Waals surface area (Å²) < 4.78 is 81.2. The number of ether oxygens (including phenoxy) is 3. The van der Waals surface area contributed by atoms with Crippen molar-refractivity contribution in [3.8, 4) is 6.07 Å². The van der Waals surface area contributed by atoms with Gasteiger partial charge in [-0.3, -0.25) is 13.2 Å². The van der Waals surface area contributed by atoms with Crippen LogP contribution in [0.25, 0.3) is 0 Å². The number of esters is 1. The van der Waals surface area contributed by atoms with Crippen LogP contribution in [0.1, 0.15) is 43.7 Å². The molecule has 2 fully saturated rings. The maximum absolute atomic E-state index is 13.3. The molecule has 0 amide bonds. The van der Waals surface area contributed by atoms with Gasteiger partial charge in [0.1, 0.15) is 23.9 Å². The van der Waals surface area contributed by atoms with Crippen LogP contribution in [-0.4, -0.2) is 70.8 Å². The van der Waals surface area contributed by atoms with Gasteiger partial charge >= 0.3 is 5.97 Å². The zero-order valence-electron chi connectivity index (χ0n) is 23.3. The zero-order valence-corrected chi connectivity index (χ0v) is 25.0. The molecule has 228 valence electrons. The predicted octanol–water partition coefficient (Wildman–Crippen LogP) is 2.65. The third-order valence-corrected chi connectivity index (χ3v) is 9.85. The highest BCUT2D eigenvalue weighted by Gasteiger charge is 2.64. The fourth-order valence-corrected chi connectivity index (χ4v) is 7.17. The maximum atomic E-state index is 13.3. The van der Waals surface area contributed by atoms with Gasteiger partial charge in [0.2, 0.25) is 0 Å². The third-order valence-electron chi connectivity index (χ3n) is 7.20. The van der Waals surface area contributed by atoms with E-state index >= 15 is 0 Å². The molecule has 6 atom stereocenters. The number of aryl methyl sites for hydroxylation is 2. The Hall–Kier alpha value is -2.90. The van der Waals surface area contributed by atoms with Crippen molar-refractivity contribution in [3.63, 3.8) is 0 Å². The lowest BCUT2D eigenvalue weighted by molar-refractivity contribution is -0.214. The van der Waals surface area contributed by atoms with Gasteiger partial charge in [0.05, 0.1) is 22.5 Å². The lowest BCUT2D eigenvalue weighted by Crippen LogP contribution is -2.59. The van der Waals surface area contributed by atoms with Gasteiger partial charge in [-0.15, -0.1) is 0 Å². The Bertz CT molecular complexity index is 1520. The summed E-state index contributed by atoms with van der Waals surface area (Å²) in [6, 6.07) is 13.6. The molecule has 2 aromatic rings. The molecule has 0 saturated carbocycles. The maximum Gasteiger partial charge on any atom is 0.305 e. The van der Waals surface area contributed by atoms with E-state index in [-0.39, 0.29) is 42.1 Å². The first-order valence-electron chi connectivity index (χ1n) is 13.4. The Balaban J connectivity index is 1.73. The van der Waals surface area contributed by atoms with Crippen LogP contribution in [0, 0.1) is 25.2 Å². The molecule has 2 aliphatic heterocycles. The molecular weight excluding hydrogens is 590 g/mol. The van der Waals surface area contributed by atoms with Gasteiger partial charge in [-0.2, -0.15) is 22.1 Å². The molecule has 2 bridgehead atoms. The number of rotatable bonds is 12. The van der Waals surface area contributed by atoms with E-state index in [9.17, 15) is 32.0 Å². The van der Waals surface area contributed by atoms with E-state index in [0.29, 0.717) is 0 Å². The second kappa shape index (κ2) is 12.8. The largest absolute Gasteiger partial charge is 0.466 e. The smallest absolute Gasteiger partial charge is 0.305 e. The molecule has 2 aliphatic rings. The van der Waals surface area contributed by atoms with Gasteiger partial charge in [-0.1, -0.05) is 35.4 Å². The van der Waals surface area contributed by atoms with Crippen LogP contribution in [0.2, 0.25) is 0 Å². The van der Waals surface area contributed by atoms with E-state index in [1.807, 2.05) is 6.07 Å². The van der Waals surface area contributed by atoms with Crippen molar-refractivity contribution in [2.75, 3.05) is 6.61 Å². The standard InChI is InChI=1S/C28H33NO11S2/c1-4-36-22(30)14-16-28(15-5-17-29)26-24(39-41(32,33)20-10-6-18(2)7-11-20)23(31)25(27(37-26)38-28)40-42(34,35)21-12-8-19(3)9-13-21/h6-13,23-27,31H,4-5,14-16H2,1-3H3/t23-,24-,25+,26-,27-,28-/m0/s1. The van der Waals surface area contributed by atoms with Crippen molar-refractivity contribution in [3.05, 3.63) is 59.7 Å². The Kier molecular flexibility index (Phi) is 9.73. The third kappa shape index (κ3) is 6.84. The molecule has 0 radical (unpaired) electrons. The van der Waals surface area contributed by atoms with E-state index in [4.69, 9.17) is 22.6 Å². The number of benzene rings is 2. The molecule has 2 heterocycles. The number of nitriles is 1. The zero-order chi connectivity index (χ0) is 30.7. The summed E-state index contributed by atoms with van der Waals surface area (Å²) in [6.45, 7) is 5.31. The summed E-state index contributed by atoms with van der Waals surface area (Å²) in [6.07, 6.45) is -8.58. The van der Waals surface area contributed by atoms with Gasteiger partial charge in [0, 0.05) is 12.8 Å². The molecule has 4 rings (SSSR count). The minimum atomic E-state index is -4.53. The molecule has 42 heavy (non-hydrogen) atoms. The average molecular weight is 624 g/mol. The molecular formula is C28H33NO11S2. The van der Waals surface area contributed by atoms with Crippen molar-refractivity contribution < 1.29 is 49.3 Å². The van der Waals surface area contributed by atoms with Crippen molar-refractivity contribution in [1.29, 1.82) is 5.26 Å². The van der Waals surface area contributed by atoms with Crippen LogP contribution in [-0.2, 0) is 47.6 Å². The second-order valence-corrected chi connectivity index (χ2v) is 13.4. The minimum absolute atomic E-state index is 0.0430. The Morgan fingerprint density at radius 1 is 0.929 bits per heavy atom. The number of fused-ring (bicyclic) bond motifs is 2. The first-order valence-corrected chi connectivity index (χ1v) is 16.2. The van der Waals surface area contributed by atoms with Crippen LogP contribution in [0.4, 0.5) is 0 Å². The molecule has 12 nitrogen and oxygen atoms in total. The molecule has 0 aromatic heterocycles. The Morgan fingerprint density at radius 3 is 1.95 bits per heavy atom. The van der Waals surface area contributed by atoms with E-state index < -0.39 is 62.5 Å². The number of aliphatic hydroxyl groups excluding tert-OH is 1. The molecule has 14 heteroatoms. The predicted molar refractivity (Wildman–Crippen MR) is 146 cm³/mol. The molecule has 1 N–H and O–H groups in total. The normalized spacial score (nSPS) is 27.4. The fraction of sp³-hybridized carbons (Fsp3) is 0.500. The van der Waals surface area contributed by atoms with Gasteiger partial charge in [0.15, 0.2) is 12.4 Å². The molecule has 0 unspecified atom stereocenters. The summed E-state index contributed by atoms with van der Waals surface area (Å²) in [5, 5.41) is 20.8. The van der Waals surface area contributed by atoms with Crippen LogP contribution in [0.15, 0.2) is 58.3 Å². The average Bonchev–Trinajstić information content (AvgIpc) is 3.28. The summed E-state index contributed by atoms with van der Waals surface area (Å²) in [5.74, 6) is -0.570. The SMILES string of the molecule is CCOC(=O)CC[C@]1(CCC#N)O[C@@H]2O[C@H]1[C@@H](OS(=O)(=O)c1ccc(C)cc1)[C@H](O)[C@H]2OS(=O)(=O)c1ccc(C)cc1. The number of aliphatic hydroxyl groups is 1. The van der Waals surface area contributed by atoms with Crippen LogP contribution < -0.4 is 0 Å². The fourth-order valence-electron chi connectivity index (χ4n) is 5.01. The Labute approximate surface area is 245 Å². The minimum Gasteiger partial charge on any atom is -0.466 e. The lowest BCUT2D eigenvalue weighted by atomic mass is 9.82. The van der Waals surface area contributed by atoms with Crippen molar-refractivity contribution in [1.82, 2.24) is 0 Å². The molecule has 2 saturated heterocycles. The monoisotopic (exact) mass is 623 g/mol. The van der Waals surface area contributed by atoms with Crippen molar-refractivity contribution in [2.45, 2.75) is 92.6 Å². The number of carbonyl (C=O) groups is 1. The van der Waals surface area contributed by atoms with Gasteiger partial charge in [-0.25, -0.2) is 0 Å².